The van der Waals surface area contributed by atoms with Crippen LogP contribution in [0.25, 0.3) is 10.9 Å². The molecule has 0 fully saturated rings. The first-order valence-corrected chi connectivity index (χ1v) is 10.1. The summed E-state index contributed by atoms with van der Waals surface area (Å²) in [6.07, 6.45) is 2.28. The van der Waals surface area contributed by atoms with Crippen LogP contribution in [0, 0.1) is 21.6 Å². The van der Waals surface area contributed by atoms with Crippen LogP contribution in [-0.4, -0.2) is 24.5 Å². The van der Waals surface area contributed by atoms with Gasteiger partial charge in [0.2, 0.25) is 6.54 Å². The minimum atomic E-state index is -1.44. The van der Waals surface area contributed by atoms with E-state index in [0.717, 1.165) is 22.0 Å². The molecule has 0 amide bonds. The first-order valence-electron chi connectivity index (χ1n) is 6.61. The Morgan fingerprint density at radius 1 is 1.35 bits per heavy atom. The fourth-order valence-corrected chi connectivity index (χ4v) is 2.53. The zero-order valence-corrected chi connectivity index (χ0v) is 13.0. The van der Waals surface area contributed by atoms with Crippen LogP contribution in [0.2, 0.25) is 19.6 Å². The molecule has 1 aromatic carbocycles. The summed E-state index contributed by atoms with van der Waals surface area (Å²) in [7, 11) is -1.44. The number of rotatable bonds is 3. The molecule has 0 saturated carbocycles. The second-order valence-electron chi connectivity index (χ2n) is 5.85. The summed E-state index contributed by atoms with van der Waals surface area (Å²) >= 11 is 0. The zero-order valence-electron chi connectivity index (χ0n) is 12.0. The van der Waals surface area contributed by atoms with Gasteiger partial charge in [0.15, 0.2) is 0 Å². The van der Waals surface area contributed by atoms with Gasteiger partial charge in [0.05, 0.1) is 0 Å². The maximum absolute atomic E-state index is 10.5. The van der Waals surface area contributed by atoms with Crippen molar-refractivity contribution in [3.8, 4) is 11.5 Å². The number of fused-ring (bicyclic) bond motifs is 1. The van der Waals surface area contributed by atoms with Gasteiger partial charge in [-0.15, -0.1) is 5.54 Å². The van der Waals surface area contributed by atoms with E-state index in [9.17, 15) is 10.1 Å². The molecule has 104 valence electrons. The fraction of sp³-hybridized carbons (Fsp3) is 0.333. The van der Waals surface area contributed by atoms with Crippen molar-refractivity contribution in [1.82, 2.24) is 4.98 Å². The average molecular weight is 286 g/mol. The van der Waals surface area contributed by atoms with Crippen LogP contribution in [0.3, 0.4) is 0 Å². The number of H-pyrrole nitrogens is 1. The summed E-state index contributed by atoms with van der Waals surface area (Å²) in [4.78, 5) is 13.4. The lowest BCUT2D eigenvalue weighted by Gasteiger charge is -2.04. The maximum atomic E-state index is 10.5. The van der Waals surface area contributed by atoms with Gasteiger partial charge in [-0.2, -0.15) is 0 Å². The molecule has 2 aromatic rings. The smallest absolute Gasteiger partial charge is 0.207 e. The Balaban J connectivity index is 2.46. The Morgan fingerprint density at radius 3 is 2.75 bits per heavy atom. The van der Waals surface area contributed by atoms with Crippen molar-refractivity contribution >= 4 is 19.0 Å². The molecule has 0 spiro atoms. The van der Waals surface area contributed by atoms with E-state index in [1.165, 1.54) is 0 Å². The van der Waals surface area contributed by atoms with Crippen molar-refractivity contribution < 1.29 is 4.92 Å². The van der Waals surface area contributed by atoms with Crippen LogP contribution < -0.4 is 0 Å². The normalized spacial score (nSPS) is 11.2. The third kappa shape index (κ3) is 3.49. The van der Waals surface area contributed by atoms with E-state index in [1.54, 1.807) is 0 Å². The Kier molecular flexibility index (Phi) is 3.95. The summed E-state index contributed by atoms with van der Waals surface area (Å²) < 4.78 is 0. The van der Waals surface area contributed by atoms with E-state index in [0.29, 0.717) is 6.42 Å². The lowest BCUT2D eigenvalue weighted by molar-refractivity contribution is -0.479. The molecular formula is C15H18N2O2Si. The van der Waals surface area contributed by atoms with Crippen molar-refractivity contribution in [2.75, 3.05) is 6.54 Å². The molecule has 0 atom stereocenters. The van der Waals surface area contributed by atoms with Gasteiger partial charge in [0.25, 0.3) is 0 Å². The predicted octanol–water partition coefficient (Wildman–Crippen LogP) is 3.22. The number of aromatic nitrogens is 1. The number of nitro groups is 1. The molecule has 20 heavy (non-hydrogen) atoms. The highest BCUT2D eigenvalue weighted by molar-refractivity contribution is 6.83. The molecule has 0 aliphatic heterocycles. The number of hydrogen-bond acceptors (Lipinski definition) is 2. The molecule has 1 N–H and O–H groups in total. The molecule has 0 unspecified atom stereocenters. The molecular weight excluding hydrogens is 268 g/mol. The van der Waals surface area contributed by atoms with Gasteiger partial charge in [0.1, 0.15) is 8.07 Å². The van der Waals surface area contributed by atoms with Crippen molar-refractivity contribution in [1.29, 1.82) is 0 Å². The van der Waals surface area contributed by atoms with Crippen LogP contribution in [0.15, 0.2) is 24.4 Å². The van der Waals surface area contributed by atoms with Crippen LogP contribution >= 0.6 is 0 Å². The second-order valence-corrected chi connectivity index (χ2v) is 10.6. The lowest BCUT2D eigenvalue weighted by Crippen LogP contribution is -2.16. The van der Waals surface area contributed by atoms with Crippen molar-refractivity contribution in [3.05, 3.63) is 45.6 Å². The molecule has 5 heteroatoms. The number of nitrogens with one attached hydrogen (secondary N) is 1. The minimum Gasteiger partial charge on any atom is -0.361 e. The zero-order chi connectivity index (χ0) is 14.8. The third-order valence-corrected chi connectivity index (χ3v) is 3.80. The standard InChI is InChI=1S/C15H18N2O2Si/c1-20(2,3)10-8-12-5-4-6-14-15(12)13(11-16-14)7-9-17(18)19/h4-6,11,16H,7,9H2,1-3H3. The average Bonchev–Trinajstić information content (AvgIpc) is 2.76. The van der Waals surface area contributed by atoms with Gasteiger partial charge in [-0.3, -0.25) is 10.1 Å². The van der Waals surface area contributed by atoms with E-state index < -0.39 is 8.07 Å². The fourth-order valence-electron chi connectivity index (χ4n) is 2.02. The van der Waals surface area contributed by atoms with Gasteiger partial charge in [-0.05, 0) is 17.7 Å². The number of nitrogens with zero attached hydrogens (tertiary/aromatic N) is 1. The Bertz CT molecular complexity index is 702. The number of benzene rings is 1. The lowest BCUT2D eigenvalue weighted by atomic mass is 10.0. The van der Waals surface area contributed by atoms with E-state index in [1.807, 2.05) is 24.4 Å². The van der Waals surface area contributed by atoms with Crippen LogP contribution in [-0.2, 0) is 6.42 Å². The van der Waals surface area contributed by atoms with Gasteiger partial charge in [-0.1, -0.05) is 31.6 Å². The highest BCUT2D eigenvalue weighted by Gasteiger charge is 2.11. The first-order chi connectivity index (χ1) is 9.37. The summed E-state index contributed by atoms with van der Waals surface area (Å²) in [5.74, 6) is 3.26. The van der Waals surface area contributed by atoms with Gasteiger partial charge >= 0.3 is 0 Å². The van der Waals surface area contributed by atoms with Crippen LogP contribution in [0.5, 0.6) is 0 Å². The van der Waals surface area contributed by atoms with E-state index in [4.69, 9.17) is 0 Å². The largest absolute Gasteiger partial charge is 0.361 e. The molecule has 2 rings (SSSR count). The minimum absolute atomic E-state index is 0.0528. The maximum Gasteiger partial charge on any atom is 0.207 e. The molecule has 1 aromatic heterocycles. The van der Waals surface area contributed by atoms with E-state index >= 15 is 0 Å². The summed E-state index contributed by atoms with van der Waals surface area (Å²) in [6, 6.07) is 5.92. The van der Waals surface area contributed by atoms with Gasteiger partial charge < -0.3 is 4.98 Å². The Hall–Kier alpha value is -2.06. The van der Waals surface area contributed by atoms with E-state index in [-0.39, 0.29) is 11.5 Å². The topological polar surface area (TPSA) is 58.9 Å². The van der Waals surface area contributed by atoms with Gasteiger partial charge in [0, 0.05) is 34.0 Å². The Labute approximate surface area is 119 Å². The van der Waals surface area contributed by atoms with Crippen LogP contribution in [0.1, 0.15) is 11.1 Å². The molecule has 0 aliphatic rings. The van der Waals surface area contributed by atoms with Crippen LogP contribution in [0.4, 0.5) is 0 Å². The quantitative estimate of drug-likeness (QED) is 0.407. The predicted molar refractivity (Wildman–Crippen MR) is 84.1 cm³/mol. The molecule has 0 saturated heterocycles. The molecule has 1 heterocycles. The monoisotopic (exact) mass is 286 g/mol. The molecule has 4 nitrogen and oxygen atoms in total. The highest BCUT2D eigenvalue weighted by atomic mass is 28.3. The Morgan fingerprint density at radius 2 is 2.10 bits per heavy atom. The number of hydrogen-bond donors (Lipinski definition) is 1. The molecule has 0 radical (unpaired) electrons. The highest BCUT2D eigenvalue weighted by Crippen LogP contribution is 2.22. The summed E-state index contributed by atoms with van der Waals surface area (Å²) in [6.45, 7) is 6.55. The van der Waals surface area contributed by atoms with Crippen molar-refractivity contribution in [3.63, 3.8) is 0 Å². The molecule has 0 bridgehead atoms. The first kappa shape index (κ1) is 14.3. The van der Waals surface area contributed by atoms with E-state index in [2.05, 4.69) is 36.1 Å². The summed E-state index contributed by atoms with van der Waals surface area (Å²) in [5, 5.41) is 11.6. The second kappa shape index (κ2) is 5.51. The SMILES string of the molecule is C[Si](C)(C)C#Cc1cccc2[nH]cc(CC[N+](=O)[O-])c12. The van der Waals surface area contributed by atoms with Gasteiger partial charge in [-0.25, -0.2) is 0 Å². The van der Waals surface area contributed by atoms with Crippen molar-refractivity contribution in [2.24, 2.45) is 0 Å². The number of aromatic amines is 1. The molecule has 0 aliphatic carbocycles. The third-order valence-electron chi connectivity index (χ3n) is 2.92. The van der Waals surface area contributed by atoms with Crippen molar-refractivity contribution in [2.45, 2.75) is 26.1 Å². The summed E-state index contributed by atoms with van der Waals surface area (Å²) in [5.41, 5.74) is 6.28.